The second-order valence-electron chi connectivity index (χ2n) is 1.72. The van der Waals surface area contributed by atoms with Gasteiger partial charge in [0.2, 0.25) is 0 Å². The van der Waals surface area contributed by atoms with E-state index in [9.17, 15) is 10.1 Å². The van der Waals surface area contributed by atoms with Crippen LogP contribution < -0.4 is 4.46 Å². The van der Waals surface area contributed by atoms with Crippen molar-refractivity contribution in [1.29, 1.82) is 5.26 Å². The fourth-order valence-corrected chi connectivity index (χ4v) is 1.07. The van der Waals surface area contributed by atoms with Crippen molar-refractivity contribution in [3.8, 4) is 6.57 Å². The number of nitriles is 1. The van der Waals surface area contributed by atoms with Crippen molar-refractivity contribution in [3.63, 3.8) is 0 Å². The van der Waals surface area contributed by atoms with E-state index in [4.69, 9.17) is 5.26 Å². The van der Waals surface area contributed by atoms with Crippen molar-refractivity contribution in [2.75, 3.05) is 0 Å². The molecule has 1 radical (unpaired) electrons. The van der Waals surface area contributed by atoms with E-state index in [0.717, 1.165) is 0 Å². The number of benzene rings is 1. The molecule has 0 aliphatic carbocycles. The molecule has 0 aliphatic heterocycles. The van der Waals surface area contributed by atoms with Gasteiger partial charge >= 0.3 is 65.5 Å². The summed E-state index contributed by atoms with van der Waals surface area (Å²) in [5.41, 5.74) is 0.127. The Morgan fingerprint density at radius 3 is 2.25 bits per heavy atom. The number of rotatable bonds is 1. The molecule has 0 spiro atoms. The van der Waals surface area contributed by atoms with Crippen molar-refractivity contribution < 1.29 is 4.92 Å². The summed E-state index contributed by atoms with van der Waals surface area (Å²) in [6.45, 7) is 3.50. The van der Waals surface area contributed by atoms with Crippen LogP contribution in [0.15, 0.2) is 24.3 Å². The monoisotopic (exact) mass is 229 g/mol. The first kappa shape index (κ1) is 10.6. The standard InChI is InChI=1S/C6H4NO2Se.CHN/c8-7(9)5-3-1-2-4-6(5)10;1-2/h1-4H;1H. The molecule has 1 aromatic carbocycles. The molecular formula is C7H5N2O2Se. The number of hydrogen-bond acceptors (Lipinski definition) is 3. The van der Waals surface area contributed by atoms with Gasteiger partial charge in [-0.15, -0.1) is 0 Å². The Morgan fingerprint density at radius 2 is 1.92 bits per heavy atom. The summed E-state index contributed by atoms with van der Waals surface area (Å²) in [5.74, 6) is 0. The van der Waals surface area contributed by atoms with Crippen LogP contribution in [-0.4, -0.2) is 20.9 Å². The first-order chi connectivity index (χ1) is 5.72. The molecule has 4 nitrogen and oxygen atoms in total. The Balaban J connectivity index is 0.000000561. The SMILES string of the molecule is C#N.O=[N+]([O-])c1ccccc1[Se]. The van der Waals surface area contributed by atoms with Crippen LogP contribution >= 0.6 is 0 Å². The summed E-state index contributed by atoms with van der Waals surface area (Å²) in [7, 11) is 0. The van der Waals surface area contributed by atoms with Gasteiger partial charge < -0.3 is 0 Å². The zero-order valence-electron chi connectivity index (χ0n) is 6.01. The van der Waals surface area contributed by atoms with E-state index in [1.54, 1.807) is 18.2 Å². The molecule has 0 heterocycles. The van der Waals surface area contributed by atoms with Gasteiger partial charge in [0.05, 0.1) is 0 Å². The van der Waals surface area contributed by atoms with E-state index in [-0.39, 0.29) is 5.69 Å². The molecule has 0 N–H and O–H groups in total. The Bertz CT molecular complexity index is 298. The van der Waals surface area contributed by atoms with Crippen LogP contribution in [0.2, 0.25) is 0 Å². The van der Waals surface area contributed by atoms with Gasteiger partial charge in [0.1, 0.15) is 0 Å². The molecule has 0 aliphatic rings. The third-order valence-corrected chi connectivity index (χ3v) is 1.79. The molecule has 0 saturated heterocycles. The predicted octanol–water partition coefficient (Wildman–Crippen LogP) is 0.528. The van der Waals surface area contributed by atoms with Crippen LogP contribution in [0, 0.1) is 21.9 Å². The molecule has 12 heavy (non-hydrogen) atoms. The first-order valence-corrected chi connectivity index (χ1v) is 3.73. The van der Waals surface area contributed by atoms with Gasteiger partial charge in [-0.3, -0.25) is 0 Å². The molecule has 0 atom stereocenters. The van der Waals surface area contributed by atoms with E-state index >= 15 is 0 Å². The average molecular weight is 228 g/mol. The van der Waals surface area contributed by atoms with Gasteiger partial charge in [0.25, 0.3) is 0 Å². The average Bonchev–Trinajstić information content (AvgIpc) is 2.08. The fourth-order valence-electron chi connectivity index (χ4n) is 0.608. The molecule has 0 saturated carbocycles. The Hall–Kier alpha value is -1.37. The molecule has 0 unspecified atom stereocenters. The van der Waals surface area contributed by atoms with E-state index in [1.807, 2.05) is 0 Å². The maximum absolute atomic E-state index is 10.2. The number of para-hydroxylation sites is 1. The molecule has 0 bridgehead atoms. The minimum absolute atomic E-state index is 0.127. The molecule has 1 aromatic rings. The Labute approximate surface area is 77.8 Å². The molecule has 61 valence electrons. The van der Waals surface area contributed by atoms with Crippen molar-refractivity contribution in [3.05, 3.63) is 34.4 Å². The summed E-state index contributed by atoms with van der Waals surface area (Å²) in [5, 5.41) is 16.7. The zero-order valence-corrected chi connectivity index (χ0v) is 7.72. The van der Waals surface area contributed by atoms with Crippen molar-refractivity contribution >= 4 is 26.2 Å². The van der Waals surface area contributed by atoms with Gasteiger partial charge in [-0.25, -0.2) is 5.26 Å². The minimum atomic E-state index is -0.411. The van der Waals surface area contributed by atoms with E-state index in [1.165, 1.54) is 6.07 Å². The van der Waals surface area contributed by atoms with Crippen LogP contribution in [0.3, 0.4) is 0 Å². The molecule has 0 aromatic heterocycles. The second-order valence-corrected chi connectivity index (χ2v) is 2.65. The predicted molar refractivity (Wildman–Crippen MR) is 45.2 cm³/mol. The number of nitro benzene ring substituents is 1. The molecule has 0 fully saturated rings. The Morgan fingerprint density at radius 1 is 1.42 bits per heavy atom. The molecular weight excluding hydrogens is 223 g/mol. The van der Waals surface area contributed by atoms with Crippen molar-refractivity contribution in [2.24, 2.45) is 0 Å². The van der Waals surface area contributed by atoms with Crippen LogP contribution in [0.25, 0.3) is 0 Å². The number of nitro groups is 1. The van der Waals surface area contributed by atoms with Gasteiger partial charge in [-0.2, -0.15) is 0 Å². The number of nitrogens with zero attached hydrogens (tertiary/aromatic N) is 2. The Kier molecular flexibility index (Phi) is 4.70. The van der Waals surface area contributed by atoms with Crippen LogP contribution in [0.1, 0.15) is 0 Å². The zero-order chi connectivity index (χ0) is 9.56. The summed E-state index contributed by atoms with van der Waals surface area (Å²) in [6.07, 6.45) is 0. The molecule has 0 amide bonds. The van der Waals surface area contributed by atoms with E-state index < -0.39 is 4.92 Å². The summed E-state index contributed by atoms with van der Waals surface area (Å²) < 4.78 is 0.576. The third-order valence-electron chi connectivity index (χ3n) is 1.06. The topological polar surface area (TPSA) is 66.9 Å². The van der Waals surface area contributed by atoms with E-state index in [0.29, 0.717) is 4.46 Å². The normalized spacial score (nSPS) is 7.83. The maximum atomic E-state index is 10.2. The molecule has 1 rings (SSSR count). The second kappa shape index (κ2) is 5.30. The van der Waals surface area contributed by atoms with Gasteiger partial charge in [-0.1, -0.05) is 0 Å². The van der Waals surface area contributed by atoms with Crippen molar-refractivity contribution in [1.82, 2.24) is 0 Å². The van der Waals surface area contributed by atoms with Gasteiger partial charge in [0, 0.05) is 6.57 Å². The van der Waals surface area contributed by atoms with Crippen molar-refractivity contribution in [2.45, 2.75) is 0 Å². The third kappa shape index (κ3) is 2.70. The summed E-state index contributed by atoms with van der Waals surface area (Å²) in [4.78, 5) is 9.80. The fraction of sp³-hybridized carbons (Fsp3) is 0. The summed E-state index contributed by atoms with van der Waals surface area (Å²) >= 11 is 2.61. The van der Waals surface area contributed by atoms with Crippen LogP contribution in [0.4, 0.5) is 5.69 Å². The summed E-state index contributed by atoms with van der Waals surface area (Å²) in [6, 6.07) is 6.52. The van der Waals surface area contributed by atoms with Crippen LogP contribution in [-0.2, 0) is 0 Å². The quantitative estimate of drug-likeness (QED) is 0.400. The van der Waals surface area contributed by atoms with E-state index in [2.05, 4.69) is 22.6 Å². The molecule has 5 heteroatoms. The van der Waals surface area contributed by atoms with Gasteiger partial charge in [0.15, 0.2) is 0 Å². The van der Waals surface area contributed by atoms with Crippen LogP contribution in [0.5, 0.6) is 0 Å². The van der Waals surface area contributed by atoms with Gasteiger partial charge in [-0.05, 0) is 0 Å². The number of hydrogen-bond donors (Lipinski definition) is 0. The first-order valence-electron chi connectivity index (χ1n) is 2.88.